The van der Waals surface area contributed by atoms with Crippen molar-refractivity contribution in [1.29, 1.82) is 0 Å². The van der Waals surface area contributed by atoms with Gasteiger partial charge in [0.1, 0.15) is 5.69 Å². The summed E-state index contributed by atoms with van der Waals surface area (Å²) < 4.78 is 9.87. The second-order valence-corrected chi connectivity index (χ2v) is 8.71. The van der Waals surface area contributed by atoms with Crippen LogP contribution in [0.25, 0.3) is 11.1 Å². The number of carbonyl (C=O) groups is 3. The summed E-state index contributed by atoms with van der Waals surface area (Å²) in [5, 5.41) is 22.4. The number of hydrogen-bond acceptors (Lipinski definition) is 7. The molecule has 2 atom stereocenters. The van der Waals surface area contributed by atoms with E-state index < -0.39 is 24.0 Å². The van der Waals surface area contributed by atoms with Crippen molar-refractivity contribution in [3.63, 3.8) is 0 Å². The molecule has 0 aliphatic heterocycles. The number of aliphatic hydroxyl groups is 1. The lowest BCUT2D eigenvalue weighted by molar-refractivity contribution is -0.153. The van der Waals surface area contributed by atoms with Gasteiger partial charge in [0.25, 0.3) is 11.8 Å². The van der Waals surface area contributed by atoms with Gasteiger partial charge < -0.3 is 25.2 Å². The minimum absolute atomic E-state index is 0.0158. The van der Waals surface area contributed by atoms with Gasteiger partial charge in [-0.1, -0.05) is 54.6 Å². The maximum absolute atomic E-state index is 13.0. The van der Waals surface area contributed by atoms with Crippen molar-refractivity contribution in [3.05, 3.63) is 77.6 Å². The topological polar surface area (TPSA) is 143 Å². The van der Waals surface area contributed by atoms with Gasteiger partial charge in [-0.2, -0.15) is 5.10 Å². The van der Waals surface area contributed by atoms with Crippen LogP contribution in [-0.2, 0) is 20.7 Å². The molecule has 0 aliphatic carbocycles. The molecule has 0 spiro atoms. The molecular weight excluding hydrogens is 488 g/mol. The van der Waals surface area contributed by atoms with Crippen LogP contribution >= 0.6 is 0 Å². The summed E-state index contributed by atoms with van der Waals surface area (Å²) in [6.07, 6.45) is -0.450. The molecule has 202 valence electrons. The maximum atomic E-state index is 13.0. The number of nitrogens with one attached hydrogen (secondary N) is 3. The van der Waals surface area contributed by atoms with E-state index in [-0.39, 0.29) is 30.3 Å². The standard InChI is InChI=1S/C28H34N4O6/c1-3-38-28(36)25(33)17-22(16-19-10-12-21(13-11-19)20-8-5-4-6-9-20)30-27(35)24-18-23(31-32-24)26(34)29-14-7-15-37-2/h4-6,8-13,18,22,25,33H,3,7,14-17H2,1-2H3,(H,29,34)(H,30,35)(H,31,32)/t22-,25+/m1/s1. The zero-order valence-electron chi connectivity index (χ0n) is 21.6. The molecule has 3 rings (SSSR count). The Morgan fingerprint density at radius 2 is 1.74 bits per heavy atom. The van der Waals surface area contributed by atoms with E-state index in [0.717, 1.165) is 16.7 Å². The number of esters is 1. The SMILES string of the molecule is CCOC(=O)[C@@H](O)C[C@@H](Cc1ccc(-c2ccccc2)cc1)NC(=O)c1cc(C(=O)NCCCOC)[nH]n1. The molecule has 3 aromatic rings. The summed E-state index contributed by atoms with van der Waals surface area (Å²) in [7, 11) is 1.58. The van der Waals surface area contributed by atoms with Gasteiger partial charge in [0.15, 0.2) is 11.8 Å². The zero-order chi connectivity index (χ0) is 27.3. The Hall–Kier alpha value is -4.02. The van der Waals surface area contributed by atoms with Crippen LogP contribution < -0.4 is 10.6 Å². The summed E-state index contributed by atoms with van der Waals surface area (Å²) >= 11 is 0. The monoisotopic (exact) mass is 522 g/mol. The Balaban J connectivity index is 1.68. The van der Waals surface area contributed by atoms with Crippen LogP contribution in [0.5, 0.6) is 0 Å². The fourth-order valence-electron chi connectivity index (χ4n) is 3.87. The number of H-pyrrole nitrogens is 1. The zero-order valence-corrected chi connectivity index (χ0v) is 21.6. The maximum Gasteiger partial charge on any atom is 0.335 e. The third kappa shape index (κ3) is 8.53. The van der Waals surface area contributed by atoms with E-state index in [0.29, 0.717) is 26.0 Å². The predicted molar refractivity (Wildman–Crippen MR) is 142 cm³/mol. The normalized spacial score (nSPS) is 12.4. The number of methoxy groups -OCH3 is 1. The molecule has 38 heavy (non-hydrogen) atoms. The Labute approximate surface area is 221 Å². The van der Waals surface area contributed by atoms with Crippen molar-refractivity contribution >= 4 is 17.8 Å². The van der Waals surface area contributed by atoms with E-state index in [1.165, 1.54) is 6.07 Å². The van der Waals surface area contributed by atoms with E-state index in [1.807, 2.05) is 54.6 Å². The molecule has 0 saturated heterocycles. The number of rotatable bonds is 14. The van der Waals surface area contributed by atoms with Gasteiger partial charge in [0.2, 0.25) is 0 Å². The highest BCUT2D eigenvalue weighted by atomic mass is 16.5. The average Bonchev–Trinajstić information content (AvgIpc) is 3.43. The van der Waals surface area contributed by atoms with Gasteiger partial charge in [0, 0.05) is 38.8 Å². The minimum atomic E-state index is -1.41. The van der Waals surface area contributed by atoms with Crippen LogP contribution in [0.3, 0.4) is 0 Å². The van der Waals surface area contributed by atoms with E-state index in [2.05, 4.69) is 20.8 Å². The molecular formula is C28H34N4O6. The first-order chi connectivity index (χ1) is 18.4. The predicted octanol–water partition coefficient (Wildman–Crippen LogP) is 2.50. The van der Waals surface area contributed by atoms with E-state index >= 15 is 0 Å². The Morgan fingerprint density at radius 1 is 1.03 bits per heavy atom. The fourth-order valence-corrected chi connectivity index (χ4v) is 3.87. The molecule has 10 heteroatoms. The van der Waals surface area contributed by atoms with Crippen molar-refractivity contribution in [2.45, 2.75) is 38.3 Å². The van der Waals surface area contributed by atoms with Crippen molar-refractivity contribution in [2.75, 3.05) is 26.9 Å². The number of carbonyl (C=O) groups excluding carboxylic acids is 3. The number of aromatic nitrogens is 2. The van der Waals surface area contributed by atoms with Crippen LogP contribution in [0, 0.1) is 0 Å². The van der Waals surface area contributed by atoms with Crippen LogP contribution in [-0.4, -0.2) is 72.1 Å². The number of benzene rings is 2. The molecule has 1 aromatic heterocycles. The minimum Gasteiger partial charge on any atom is -0.464 e. The first-order valence-electron chi connectivity index (χ1n) is 12.5. The molecule has 0 unspecified atom stereocenters. The van der Waals surface area contributed by atoms with Crippen LogP contribution in [0.1, 0.15) is 46.3 Å². The molecule has 4 N–H and O–H groups in total. The average molecular weight is 523 g/mol. The molecule has 10 nitrogen and oxygen atoms in total. The fraction of sp³-hybridized carbons (Fsp3) is 0.357. The quantitative estimate of drug-likeness (QED) is 0.188. The Kier molecular flexibility index (Phi) is 11.0. The summed E-state index contributed by atoms with van der Waals surface area (Å²) in [6.45, 7) is 2.73. The number of hydrogen-bond donors (Lipinski definition) is 4. The second kappa shape index (κ2) is 14.7. The van der Waals surface area contributed by atoms with E-state index in [1.54, 1.807) is 14.0 Å². The number of nitrogens with zero attached hydrogens (tertiary/aromatic N) is 1. The lowest BCUT2D eigenvalue weighted by Gasteiger charge is -2.21. The van der Waals surface area contributed by atoms with Crippen molar-refractivity contribution in [1.82, 2.24) is 20.8 Å². The number of ether oxygens (including phenoxy) is 2. The van der Waals surface area contributed by atoms with Gasteiger partial charge in [-0.05, 0) is 36.5 Å². The summed E-state index contributed by atoms with van der Waals surface area (Å²) in [5.41, 5.74) is 3.20. The molecule has 0 saturated carbocycles. The number of aromatic amines is 1. The van der Waals surface area contributed by atoms with Crippen LogP contribution in [0.15, 0.2) is 60.7 Å². The van der Waals surface area contributed by atoms with Crippen LogP contribution in [0.4, 0.5) is 0 Å². The van der Waals surface area contributed by atoms with Gasteiger partial charge in [-0.3, -0.25) is 14.7 Å². The summed E-state index contributed by atoms with van der Waals surface area (Å²) in [6, 6.07) is 18.5. The Morgan fingerprint density at radius 3 is 2.42 bits per heavy atom. The second-order valence-electron chi connectivity index (χ2n) is 8.71. The lowest BCUT2D eigenvalue weighted by atomic mass is 9.97. The van der Waals surface area contributed by atoms with Crippen molar-refractivity contribution in [2.24, 2.45) is 0 Å². The van der Waals surface area contributed by atoms with Gasteiger partial charge in [-0.15, -0.1) is 0 Å². The third-order valence-electron chi connectivity index (χ3n) is 5.81. The van der Waals surface area contributed by atoms with E-state index in [9.17, 15) is 19.5 Å². The first kappa shape index (κ1) is 28.5. The molecule has 0 fully saturated rings. The van der Waals surface area contributed by atoms with Gasteiger partial charge in [0.05, 0.1) is 6.61 Å². The highest BCUT2D eigenvalue weighted by molar-refractivity contribution is 5.97. The highest BCUT2D eigenvalue weighted by Crippen LogP contribution is 2.20. The molecule has 0 bridgehead atoms. The first-order valence-corrected chi connectivity index (χ1v) is 12.5. The molecule has 0 aliphatic rings. The smallest absolute Gasteiger partial charge is 0.335 e. The van der Waals surface area contributed by atoms with Crippen molar-refractivity contribution in [3.8, 4) is 11.1 Å². The number of amides is 2. The van der Waals surface area contributed by atoms with E-state index in [4.69, 9.17) is 9.47 Å². The van der Waals surface area contributed by atoms with Crippen molar-refractivity contribution < 1.29 is 29.0 Å². The Bertz CT molecular complexity index is 1180. The molecule has 1 heterocycles. The van der Waals surface area contributed by atoms with Gasteiger partial charge in [-0.25, -0.2) is 4.79 Å². The molecule has 0 radical (unpaired) electrons. The largest absolute Gasteiger partial charge is 0.464 e. The lowest BCUT2D eigenvalue weighted by Crippen LogP contribution is -2.41. The highest BCUT2D eigenvalue weighted by Gasteiger charge is 2.25. The van der Waals surface area contributed by atoms with Gasteiger partial charge >= 0.3 is 5.97 Å². The summed E-state index contributed by atoms with van der Waals surface area (Å²) in [5.74, 6) is -1.68. The third-order valence-corrected chi connectivity index (χ3v) is 5.81. The van der Waals surface area contributed by atoms with Crippen LogP contribution in [0.2, 0.25) is 0 Å². The number of aliphatic hydroxyl groups excluding tert-OH is 1. The summed E-state index contributed by atoms with van der Waals surface area (Å²) in [4.78, 5) is 37.3. The molecule has 2 amide bonds. The molecule has 2 aromatic carbocycles.